The Labute approximate surface area is 125 Å². The molecule has 5 heteroatoms. The minimum Gasteiger partial charge on any atom is -0.494 e. The van der Waals surface area contributed by atoms with Crippen molar-refractivity contribution < 1.29 is 13.3 Å². The maximum Gasteiger partial charge on any atom is 0.123 e. The van der Waals surface area contributed by atoms with Gasteiger partial charge in [0.05, 0.1) is 29.0 Å². The fourth-order valence-corrected chi connectivity index (χ4v) is 2.77. The first-order valence-corrected chi connectivity index (χ1v) is 7.78. The predicted octanol–water partition coefficient (Wildman–Crippen LogP) is 3.27. The number of ether oxygens (including phenoxy) is 1. The Morgan fingerprint density at radius 3 is 2.38 bits per heavy atom. The van der Waals surface area contributed by atoms with Crippen LogP contribution in [0.3, 0.4) is 0 Å². The summed E-state index contributed by atoms with van der Waals surface area (Å²) >= 11 is 0. The van der Waals surface area contributed by atoms with Crippen molar-refractivity contribution in [3.63, 3.8) is 0 Å². The van der Waals surface area contributed by atoms with E-state index < -0.39 is 10.8 Å². The molecule has 0 bridgehead atoms. The van der Waals surface area contributed by atoms with Crippen LogP contribution < -0.4 is 4.74 Å². The number of hydrogen-bond acceptors (Lipinski definition) is 3. The van der Waals surface area contributed by atoms with Gasteiger partial charge in [0.15, 0.2) is 0 Å². The van der Waals surface area contributed by atoms with Crippen molar-refractivity contribution in [1.29, 1.82) is 5.26 Å². The van der Waals surface area contributed by atoms with Gasteiger partial charge in [-0.25, -0.2) is 4.39 Å². The van der Waals surface area contributed by atoms with Gasteiger partial charge in [-0.15, -0.1) is 0 Å². The van der Waals surface area contributed by atoms with Gasteiger partial charge in [0.2, 0.25) is 0 Å². The van der Waals surface area contributed by atoms with Crippen LogP contribution in [-0.2, 0) is 10.8 Å². The van der Waals surface area contributed by atoms with E-state index in [-0.39, 0.29) is 5.82 Å². The van der Waals surface area contributed by atoms with Gasteiger partial charge >= 0.3 is 0 Å². The normalized spacial score (nSPS) is 11.6. The van der Waals surface area contributed by atoms with E-state index >= 15 is 0 Å². The average Bonchev–Trinajstić information content (AvgIpc) is 2.52. The largest absolute Gasteiger partial charge is 0.494 e. The second-order valence-corrected chi connectivity index (χ2v) is 5.91. The summed E-state index contributed by atoms with van der Waals surface area (Å²) < 4.78 is 30.2. The zero-order valence-electron chi connectivity index (χ0n) is 11.3. The molecular weight excluding hydrogens is 289 g/mol. The Morgan fingerprint density at radius 2 is 1.76 bits per heavy atom. The standard InChI is InChI=1S/C16H14FNO2S/c17-14-4-8-16(9-5-14)21(19)11-1-10-20-15-6-2-13(12-18)3-7-15/h2-9H,1,10-11H2. The van der Waals surface area contributed by atoms with Gasteiger partial charge in [-0.1, -0.05) is 0 Å². The molecule has 2 aromatic rings. The monoisotopic (exact) mass is 303 g/mol. The number of benzene rings is 2. The molecule has 0 saturated carbocycles. The molecule has 0 saturated heterocycles. The first-order valence-electron chi connectivity index (χ1n) is 6.46. The predicted molar refractivity (Wildman–Crippen MR) is 78.9 cm³/mol. The van der Waals surface area contributed by atoms with Crippen molar-refractivity contribution >= 4 is 10.8 Å². The third kappa shape index (κ3) is 4.69. The van der Waals surface area contributed by atoms with E-state index in [9.17, 15) is 8.60 Å². The lowest BCUT2D eigenvalue weighted by molar-refractivity contribution is 0.318. The third-order valence-corrected chi connectivity index (χ3v) is 4.26. The van der Waals surface area contributed by atoms with Crippen molar-refractivity contribution in [2.45, 2.75) is 11.3 Å². The molecule has 21 heavy (non-hydrogen) atoms. The van der Waals surface area contributed by atoms with Crippen molar-refractivity contribution in [3.8, 4) is 11.8 Å². The maximum absolute atomic E-state index is 12.8. The maximum atomic E-state index is 12.8. The number of nitriles is 1. The van der Waals surface area contributed by atoms with Crippen LogP contribution in [0.5, 0.6) is 5.75 Å². The van der Waals surface area contributed by atoms with Crippen molar-refractivity contribution in [2.75, 3.05) is 12.4 Å². The molecule has 0 aromatic heterocycles. The number of rotatable bonds is 6. The van der Waals surface area contributed by atoms with Gasteiger partial charge in [0, 0.05) is 10.6 Å². The summed E-state index contributed by atoms with van der Waals surface area (Å²) in [4.78, 5) is 0.620. The molecule has 0 N–H and O–H groups in total. The van der Waals surface area contributed by atoms with Crippen LogP contribution in [0.2, 0.25) is 0 Å². The van der Waals surface area contributed by atoms with Gasteiger partial charge in [-0.2, -0.15) is 5.26 Å². The third-order valence-electron chi connectivity index (χ3n) is 2.80. The van der Waals surface area contributed by atoms with Crippen LogP contribution in [0.25, 0.3) is 0 Å². The second kappa shape index (κ2) is 7.55. The van der Waals surface area contributed by atoms with Crippen LogP contribution in [-0.4, -0.2) is 16.6 Å². The fourth-order valence-electron chi connectivity index (χ4n) is 1.71. The summed E-state index contributed by atoms with van der Waals surface area (Å²) in [5, 5.41) is 8.68. The smallest absolute Gasteiger partial charge is 0.123 e. The molecule has 0 fully saturated rings. The molecule has 0 radical (unpaired) electrons. The Balaban J connectivity index is 1.75. The number of nitrogens with zero attached hydrogens (tertiary/aromatic N) is 1. The lowest BCUT2D eigenvalue weighted by Crippen LogP contribution is -2.05. The van der Waals surface area contributed by atoms with Crippen molar-refractivity contribution in [2.24, 2.45) is 0 Å². The second-order valence-electron chi connectivity index (χ2n) is 4.34. The van der Waals surface area contributed by atoms with Gasteiger partial charge in [-0.3, -0.25) is 4.21 Å². The van der Waals surface area contributed by atoms with Crippen LogP contribution in [0.15, 0.2) is 53.4 Å². The number of hydrogen-bond donors (Lipinski definition) is 0. The SMILES string of the molecule is N#Cc1ccc(OCCCS(=O)c2ccc(F)cc2)cc1. The van der Waals surface area contributed by atoms with Crippen LogP contribution in [0, 0.1) is 17.1 Å². The molecular formula is C16H14FNO2S. The quantitative estimate of drug-likeness (QED) is 0.770. The van der Waals surface area contributed by atoms with Crippen LogP contribution >= 0.6 is 0 Å². The fraction of sp³-hybridized carbons (Fsp3) is 0.188. The minimum atomic E-state index is -1.14. The summed E-state index contributed by atoms with van der Waals surface area (Å²) in [6.45, 7) is 0.443. The van der Waals surface area contributed by atoms with Crippen LogP contribution in [0.4, 0.5) is 4.39 Å². The summed E-state index contributed by atoms with van der Waals surface area (Å²) in [5.74, 6) is 0.809. The highest BCUT2D eigenvalue weighted by atomic mass is 32.2. The molecule has 2 rings (SSSR count). The molecule has 0 aliphatic heterocycles. The first-order chi connectivity index (χ1) is 10.2. The zero-order chi connectivity index (χ0) is 15.1. The Kier molecular flexibility index (Phi) is 5.47. The first kappa shape index (κ1) is 15.2. The Morgan fingerprint density at radius 1 is 1.10 bits per heavy atom. The molecule has 1 unspecified atom stereocenters. The molecule has 0 spiro atoms. The topological polar surface area (TPSA) is 50.1 Å². The summed E-state index contributed by atoms with van der Waals surface area (Å²) in [7, 11) is -1.14. The lowest BCUT2D eigenvalue weighted by atomic mass is 10.2. The highest BCUT2D eigenvalue weighted by molar-refractivity contribution is 7.85. The molecule has 2 aromatic carbocycles. The molecule has 108 valence electrons. The Hall–Kier alpha value is -2.19. The van der Waals surface area contributed by atoms with E-state index in [4.69, 9.17) is 10.00 Å². The Bertz CT molecular complexity index is 647. The zero-order valence-corrected chi connectivity index (χ0v) is 12.1. The molecule has 0 amide bonds. The van der Waals surface area contributed by atoms with Gasteiger partial charge in [0.1, 0.15) is 11.6 Å². The van der Waals surface area contributed by atoms with Gasteiger partial charge < -0.3 is 4.74 Å². The van der Waals surface area contributed by atoms with E-state index in [1.54, 1.807) is 24.3 Å². The van der Waals surface area contributed by atoms with Gasteiger partial charge in [-0.05, 0) is 55.0 Å². The molecule has 0 heterocycles. The lowest BCUT2D eigenvalue weighted by Gasteiger charge is -2.06. The molecule has 0 aliphatic rings. The van der Waals surface area contributed by atoms with E-state index in [1.807, 2.05) is 6.07 Å². The van der Waals surface area contributed by atoms with Crippen molar-refractivity contribution in [3.05, 3.63) is 59.9 Å². The van der Waals surface area contributed by atoms with E-state index in [0.29, 0.717) is 35.0 Å². The van der Waals surface area contributed by atoms with Gasteiger partial charge in [0.25, 0.3) is 0 Å². The van der Waals surface area contributed by atoms with E-state index in [2.05, 4.69) is 0 Å². The average molecular weight is 303 g/mol. The molecule has 0 aliphatic carbocycles. The molecule has 1 atom stereocenters. The van der Waals surface area contributed by atoms with E-state index in [0.717, 1.165) is 0 Å². The summed E-state index contributed by atoms with van der Waals surface area (Å²) in [6.07, 6.45) is 0.629. The highest BCUT2D eigenvalue weighted by Crippen LogP contribution is 2.13. The van der Waals surface area contributed by atoms with E-state index in [1.165, 1.54) is 24.3 Å². The summed E-state index contributed by atoms with van der Waals surface area (Å²) in [6, 6.07) is 14.6. The number of halogens is 1. The summed E-state index contributed by atoms with van der Waals surface area (Å²) in [5.41, 5.74) is 0.583. The van der Waals surface area contributed by atoms with Crippen molar-refractivity contribution in [1.82, 2.24) is 0 Å². The highest BCUT2D eigenvalue weighted by Gasteiger charge is 2.04. The van der Waals surface area contributed by atoms with Crippen LogP contribution in [0.1, 0.15) is 12.0 Å². The minimum absolute atomic E-state index is 0.333. The molecule has 3 nitrogen and oxygen atoms in total.